The molecule has 5 rings (SSSR count). The highest BCUT2D eigenvalue weighted by atomic mass is 16.5. The van der Waals surface area contributed by atoms with Gasteiger partial charge in [0.15, 0.2) is 11.6 Å². The van der Waals surface area contributed by atoms with Crippen LogP contribution >= 0.6 is 0 Å². The molecular formula is C21H28N6O. The fourth-order valence-corrected chi connectivity index (χ4v) is 4.60. The Hall–Kier alpha value is -2.38. The average molecular weight is 380 g/mol. The number of pyridine rings is 1. The standard InChI is InChI=1S/C21H28N6O/c1-26-7-2-15(3-8-26)13-28-18-10-16(12-24-20(18)22)17-11-19-21(4-6-23-14-21)5-9-27(19)25-17/h2,10-12,23H,3-9,13-14H2,1H3,(H2,22,24). The number of hydrogen-bond acceptors (Lipinski definition) is 6. The Morgan fingerprint density at radius 2 is 2.21 bits per heavy atom. The Kier molecular flexibility index (Phi) is 4.36. The summed E-state index contributed by atoms with van der Waals surface area (Å²) in [6.07, 6.45) is 7.45. The highest BCUT2D eigenvalue weighted by Crippen LogP contribution is 2.41. The Morgan fingerprint density at radius 1 is 1.29 bits per heavy atom. The zero-order valence-corrected chi connectivity index (χ0v) is 16.4. The molecule has 7 nitrogen and oxygen atoms in total. The maximum Gasteiger partial charge on any atom is 0.166 e. The molecule has 3 aliphatic heterocycles. The summed E-state index contributed by atoms with van der Waals surface area (Å²) >= 11 is 0. The number of hydrogen-bond donors (Lipinski definition) is 2. The van der Waals surface area contributed by atoms with Gasteiger partial charge in [-0.15, -0.1) is 0 Å². The van der Waals surface area contributed by atoms with Crippen molar-refractivity contribution in [2.75, 3.05) is 45.6 Å². The van der Waals surface area contributed by atoms with E-state index in [-0.39, 0.29) is 5.41 Å². The number of nitrogens with zero attached hydrogens (tertiary/aromatic N) is 4. The first-order chi connectivity index (χ1) is 13.6. The van der Waals surface area contributed by atoms with Gasteiger partial charge in [-0.25, -0.2) is 4.98 Å². The summed E-state index contributed by atoms with van der Waals surface area (Å²) in [5.74, 6) is 1.07. The summed E-state index contributed by atoms with van der Waals surface area (Å²) in [6, 6.07) is 4.21. The minimum atomic E-state index is 0.256. The maximum atomic E-state index is 6.07. The normalized spacial score (nSPS) is 24.5. The predicted octanol–water partition coefficient (Wildman–Crippen LogP) is 1.80. The van der Waals surface area contributed by atoms with Crippen LogP contribution in [0.15, 0.2) is 30.0 Å². The zero-order valence-electron chi connectivity index (χ0n) is 16.4. The van der Waals surface area contributed by atoms with Crippen molar-refractivity contribution in [1.82, 2.24) is 25.0 Å². The third-order valence-corrected chi connectivity index (χ3v) is 6.47. The number of nitrogens with one attached hydrogen (secondary N) is 1. The Labute approximate surface area is 165 Å². The van der Waals surface area contributed by atoms with Crippen molar-refractivity contribution in [2.45, 2.75) is 31.2 Å². The van der Waals surface area contributed by atoms with Gasteiger partial charge in [-0.2, -0.15) is 5.10 Å². The maximum absolute atomic E-state index is 6.07. The number of fused-ring (bicyclic) bond motifs is 2. The molecule has 28 heavy (non-hydrogen) atoms. The molecule has 0 amide bonds. The molecule has 1 atom stereocenters. The van der Waals surface area contributed by atoms with Crippen LogP contribution in [0.3, 0.4) is 0 Å². The van der Waals surface area contributed by atoms with E-state index < -0.39 is 0 Å². The minimum Gasteiger partial charge on any atom is -0.485 e. The molecule has 5 heterocycles. The lowest BCUT2D eigenvalue weighted by molar-refractivity contribution is 0.314. The molecule has 1 fully saturated rings. The van der Waals surface area contributed by atoms with Crippen molar-refractivity contribution in [2.24, 2.45) is 0 Å². The number of ether oxygens (including phenoxy) is 1. The van der Waals surface area contributed by atoms with E-state index in [2.05, 4.69) is 39.1 Å². The van der Waals surface area contributed by atoms with Crippen LogP contribution in [0.5, 0.6) is 5.75 Å². The molecule has 0 aliphatic carbocycles. The van der Waals surface area contributed by atoms with Crippen molar-refractivity contribution in [1.29, 1.82) is 0 Å². The van der Waals surface area contributed by atoms with Crippen LogP contribution in [0.4, 0.5) is 5.82 Å². The molecule has 2 aromatic heterocycles. The number of nitrogens with two attached hydrogens (primary N) is 1. The topological polar surface area (TPSA) is 81.2 Å². The first-order valence-electron chi connectivity index (χ1n) is 10.2. The van der Waals surface area contributed by atoms with Gasteiger partial charge in [0.05, 0.1) is 5.69 Å². The third kappa shape index (κ3) is 3.08. The summed E-state index contributed by atoms with van der Waals surface area (Å²) in [5.41, 5.74) is 10.9. The third-order valence-electron chi connectivity index (χ3n) is 6.47. The van der Waals surface area contributed by atoms with Crippen LogP contribution in [-0.2, 0) is 12.0 Å². The second-order valence-electron chi connectivity index (χ2n) is 8.37. The summed E-state index contributed by atoms with van der Waals surface area (Å²) in [5, 5.41) is 8.36. The monoisotopic (exact) mass is 380 g/mol. The summed E-state index contributed by atoms with van der Waals surface area (Å²) in [4.78, 5) is 6.66. The van der Waals surface area contributed by atoms with Crippen molar-refractivity contribution in [3.05, 3.63) is 35.7 Å². The highest BCUT2D eigenvalue weighted by Gasteiger charge is 2.42. The van der Waals surface area contributed by atoms with Crippen LogP contribution in [0.25, 0.3) is 11.3 Å². The van der Waals surface area contributed by atoms with Gasteiger partial charge in [0.1, 0.15) is 6.61 Å². The van der Waals surface area contributed by atoms with Crippen LogP contribution < -0.4 is 15.8 Å². The van der Waals surface area contributed by atoms with Crippen LogP contribution in [-0.4, -0.2) is 59.5 Å². The second-order valence-corrected chi connectivity index (χ2v) is 8.37. The van der Waals surface area contributed by atoms with Crippen LogP contribution in [0.2, 0.25) is 0 Å². The zero-order chi connectivity index (χ0) is 19.1. The smallest absolute Gasteiger partial charge is 0.166 e. The quantitative estimate of drug-likeness (QED) is 0.788. The average Bonchev–Trinajstić information content (AvgIpc) is 3.41. The number of aromatic nitrogens is 3. The summed E-state index contributed by atoms with van der Waals surface area (Å²) < 4.78 is 8.19. The van der Waals surface area contributed by atoms with E-state index in [9.17, 15) is 0 Å². The van der Waals surface area contributed by atoms with Crippen molar-refractivity contribution >= 4 is 5.82 Å². The van der Waals surface area contributed by atoms with E-state index >= 15 is 0 Å². The van der Waals surface area contributed by atoms with E-state index in [4.69, 9.17) is 15.6 Å². The summed E-state index contributed by atoms with van der Waals surface area (Å²) in [6.45, 7) is 5.75. The number of anilines is 1. The van der Waals surface area contributed by atoms with Gasteiger partial charge in [-0.1, -0.05) is 6.08 Å². The lowest BCUT2D eigenvalue weighted by Crippen LogP contribution is -2.25. The van der Waals surface area contributed by atoms with Gasteiger partial charge in [0, 0.05) is 49.0 Å². The molecule has 1 unspecified atom stereocenters. The number of rotatable bonds is 4. The molecular weight excluding hydrogens is 352 g/mol. The fraction of sp³-hybridized carbons (Fsp3) is 0.524. The van der Waals surface area contributed by atoms with Gasteiger partial charge >= 0.3 is 0 Å². The van der Waals surface area contributed by atoms with Crippen LogP contribution in [0, 0.1) is 0 Å². The SMILES string of the molecule is CN1CC=C(COc2cc(-c3cc4n(n3)CCC43CCNC3)cnc2N)CC1. The lowest BCUT2D eigenvalue weighted by atomic mass is 9.82. The van der Waals surface area contributed by atoms with Gasteiger partial charge in [0.2, 0.25) is 0 Å². The molecule has 3 N–H and O–H groups in total. The molecule has 0 bridgehead atoms. The largest absolute Gasteiger partial charge is 0.485 e. The Balaban J connectivity index is 1.36. The van der Waals surface area contributed by atoms with Gasteiger partial charge < -0.3 is 20.7 Å². The van der Waals surface area contributed by atoms with Gasteiger partial charge in [-0.05, 0) is 50.6 Å². The Morgan fingerprint density at radius 3 is 3.00 bits per heavy atom. The molecule has 2 aromatic rings. The Bertz CT molecular complexity index is 912. The molecule has 0 aromatic carbocycles. The number of nitrogen functional groups attached to an aromatic ring is 1. The minimum absolute atomic E-state index is 0.256. The van der Waals surface area contributed by atoms with E-state index in [0.717, 1.165) is 50.4 Å². The second kappa shape index (κ2) is 6.90. The van der Waals surface area contributed by atoms with E-state index in [0.29, 0.717) is 18.2 Å². The summed E-state index contributed by atoms with van der Waals surface area (Å²) in [7, 11) is 2.13. The van der Waals surface area contributed by atoms with Gasteiger partial charge in [0.25, 0.3) is 0 Å². The van der Waals surface area contributed by atoms with E-state index in [1.807, 2.05) is 6.07 Å². The molecule has 7 heteroatoms. The number of aryl methyl sites for hydroxylation is 1. The first-order valence-corrected chi connectivity index (χ1v) is 10.2. The fourth-order valence-electron chi connectivity index (χ4n) is 4.60. The van der Waals surface area contributed by atoms with E-state index in [1.165, 1.54) is 24.1 Å². The molecule has 0 radical (unpaired) electrons. The molecule has 0 saturated carbocycles. The van der Waals surface area contributed by atoms with E-state index in [1.54, 1.807) is 6.20 Å². The lowest BCUT2D eigenvalue weighted by Gasteiger charge is -2.22. The molecule has 1 saturated heterocycles. The molecule has 3 aliphatic rings. The van der Waals surface area contributed by atoms with Crippen molar-refractivity contribution in [3.63, 3.8) is 0 Å². The van der Waals surface area contributed by atoms with Crippen molar-refractivity contribution < 1.29 is 4.74 Å². The number of likely N-dealkylation sites (N-methyl/N-ethyl adjacent to an activating group) is 1. The predicted molar refractivity (Wildman–Crippen MR) is 109 cm³/mol. The highest BCUT2D eigenvalue weighted by molar-refractivity contribution is 5.64. The van der Waals surface area contributed by atoms with Crippen LogP contribution in [0.1, 0.15) is 25.0 Å². The van der Waals surface area contributed by atoms with Crippen molar-refractivity contribution in [3.8, 4) is 17.0 Å². The van der Waals surface area contributed by atoms with Gasteiger partial charge in [-0.3, -0.25) is 4.68 Å². The first kappa shape index (κ1) is 17.7. The molecule has 148 valence electrons. The molecule has 1 spiro atoms.